The number of rotatable bonds is 9. The molecule has 0 aromatic rings. The predicted octanol–water partition coefficient (Wildman–Crippen LogP) is 1.98. The summed E-state index contributed by atoms with van der Waals surface area (Å²) in [6.07, 6.45) is 6.39. The van der Waals surface area contributed by atoms with Gasteiger partial charge >= 0.3 is 5.97 Å². The molecular weight excluding hydrogens is 292 g/mol. The van der Waals surface area contributed by atoms with Gasteiger partial charge in [-0.3, -0.25) is 4.79 Å². The zero-order chi connectivity index (χ0) is 15.9. The number of carboxylic acid groups (broad SMARTS) is 1. The minimum absolute atomic E-state index is 0.0359. The maximum absolute atomic E-state index is 12.2. The molecule has 1 saturated carbocycles. The van der Waals surface area contributed by atoms with Crippen LogP contribution in [0.4, 0.5) is 0 Å². The number of aliphatic carboxylic acids is 1. The second-order valence-corrected chi connectivity index (χ2v) is 7.99. The van der Waals surface area contributed by atoms with Gasteiger partial charge in [0.15, 0.2) is 0 Å². The summed E-state index contributed by atoms with van der Waals surface area (Å²) >= 11 is 0. The first-order valence-electron chi connectivity index (χ1n) is 7.74. The summed E-state index contributed by atoms with van der Waals surface area (Å²) in [7, 11) is -1.96. The van der Waals surface area contributed by atoms with E-state index in [1.807, 2.05) is 6.92 Å². The molecule has 0 amide bonds. The molecular formula is C14H28N2O4S. The molecule has 0 atom stereocenters. The minimum atomic E-state index is -3.52. The number of carboxylic acids is 1. The standard InChI is InChI=1S/C14H28N2O4S/c1-3-4-10-16(2)21(19,20)15-12-14(11-13(17)18)8-6-5-7-9-14/h15H,3-12H2,1-2H3,(H,17,18). The van der Waals surface area contributed by atoms with E-state index in [0.29, 0.717) is 6.54 Å². The molecule has 21 heavy (non-hydrogen) atoms. The van der Waals surface area contributed by atoms with Crippen LogP contribution >= 0.6 is 0 Å². The van der Waals surface area contributed by atoms with Crippen molar-refractivity contribution in [3.8, 4) is 0 Å². The van der Waals surface area contributed by atoms with Gasteiger partial charge in [0.05, 0.1) is 6.42 Å². The minimum Gasteiger partial charge on any atom is -0.481 e. The van der Waals surface area contributed by atoms with Crippen molar-refractivity contribution in [2.45, 2.75) is 58.3 Å². The normalized spacial score (nSPS) is 18.8. The Morgan fingerprint density at radius 3 is 2.43 bits per heavy atom. The molecule has 1 aliphatic carbocycles. The molecule has 1 fully saturated rings. The summed E-state index contributed by atoms with van der Waals surface area (Å²) in [5.41, 5.74) is -0.428. The van der Waals surface area contributed by atoms with Crippen LogP contribution in [0.25, 0.3) is 0 Å². The van der Waals surface area contributed by atoms with Crippen molar-refractivity contribution in [2.75, 3.05) is 20.1 Å². The lowest BCUT2D eigenvalue weighted by Crippen LogP contribution is -2.45. The highest BCUT2D eigenvalue weighted by Crippen LogP contribution is 2.38. The van der Waals surface area contributed by atoms with E-state index in [2.05, 4.69) is 4.72 Å². The number of hydrogen-bond donors (Lipinski definition) is 2. The zero-order valence-corrected chi connectivity index (χ0v) is 13.9. The second-order valence-electron chi connectivity index (χ2n) is 6.13. The highest BCUT2D eigenvalue weighted by atomic mass is 32.2. The van der Waals surface area contributed by atoms with Crippen molar-refractivity contribution in [1.29, 1.82) is 0 Å². The molecule has 0 bridgehead atoms. The van der Waals surface area contributed by atoms with Gasteiger partial charge in [0.25, 0.3) is 10.2 Å². The fourth-order valence-electron chi connectivity index (χ4n) is 2.89. The van der Waals surface area contributed by atoms with E-state index in [-0.39, 0.29) is 13.0 Å². The average Bonchev–Trinajstić information content (AvgIpc) is 2.43. The van der Waals surface area contributed by atoms with Crippen LogP contribution in [0, 0.1) is 5.41 Å². The van der Waals surface area contributed by atoms with E-state index >= 15 is 0 Å². The summed E-state index contributed by atoms with van der Waals surface area (Å²) in [4.78, 5) is 11.1. The summed E-state index contributed by atoms with van der Waals surface area (Å²) in [5.74, 6) is -0.851. The van der Waals surface area contributed by atoms with Crippen LogP contribution in [0.1, 0.15) is 58.3 Å². The summed E-state index contributed by atoms with van der Waals surface area (Å²) in [5, 5.41) is 9.10. The lowest BCUT2D eigenvalue weighted by molar-refractivity contribution is -0.140. The van der Waals surface area contributed by atoms with Crippen LogP contribution in [-0.2, 0) is 15.0 Å². The first kappa shape index (κ1) is 18.4. The molecule has 0 heterocycles. The lowest BCUT2D eigenvalue weighted by atomic mass is 9.72. The number of hydrogen-bond acceptors (Lipinski definition) is 3. The van der Waals surface area contributed by atoms with Crippen LogP contribution in [0.3, 0.4) is 0 Å². The molecule has 6 nitrogen and oxygen atoms in total. The Morgan fingerprint density at radius 2 is 1.90 bits per heavy atom. The smallest absolute Gasteiger partial charge is 0.303 e. The molecule has 0 aliphatic heterocycles. The van der Waals surface area contributed by atoms with Crippen molar-refractivity contribution in [2.24, 2.45) is 5.41 Å². The summed E-state index contributed by atoms with van der Waals surface area (Å²) < 4.78 is 28.3. The molecule has 7 heteroatoms. The van der Waals surface area contributed by atoms with E-state index in [9.17, 15) is 13.2 Å². The third-order valence-corrected chi connectivity index (χ3v) is 5.82. The maximum Gasteiger partial charge on any atom is 0.303 e. The fraction of sp³-hybridized carbons (Fsp3) is 0.929. The quantitative estimate of drug-likeness (QED) is 0.680. The average molecular weight is 320 g/mol. The molecule has 0 unspecified atom stereocenters. The third kappa shape index (κ3) is 5.92. The Balaban J connectivity index is 2.65. The third-order valence-electron chi connectivity index (χ3n) is 4.31. The van der Waals surface area contributed by atoms with Crippen molar-refractivity contribution in [1.82, 2.24) is 9.03 Å². The van der Waals surface area contributed by atoms with Crippen molar-refractivity contribution in [3.63, 3.8) is 0 Å². The Bertz CT molecular complexity index is 430. The molecule has 0 saturated heterocycles. The highest BCUT2D eigenvalue weighted by molar-refractivity contribution is 7.87. The number of nitrogens with zero attached hydrogens (tertiary/aromatic N) is 1. The van der Waals surface area contributed by atoms with E-state index in [1.165, 1.54) is 4.31 Å². The Kier molecular flexibility index (Phi) is 7.09. The van der Waals surface area contributed by atoms with E-state index in [0.717, 1.165) is 44.9 Å². The fourth-order valence-corrected chi connectivity index (χ4v) is 3.97. The van der Waals surface area contributed by atoms with Crippen LogP contribution in [0.2, 0.25) is 0 Å². The second kappa shape index (κ2) is 8.10. The van der Waals surface area contributed by atoms with E-state index < -0.39 is 21.6 Å². The van der Waals surface area contributed by atoms with Gasteiger partial charge in [-0.2, -0.15) is 12.7 Å². The number of nitrogens with one attached hydrogen (secondary N) is 1. The zero-order valence-electron chi connectivity index (χ0n) is 13.1. The molecule has 1 aliphatic rings. The van der Waals surface area contributed by atoms with Crippen LogP contribution < -0.4 is 4.72 Å². The van der Waals surface area contributed by atoms with Gasteiger partial charge < -0.3 is 5.11 Å². The molecule has 0 aromatic carbocycles. The topological polar surface area (TPSA) is 86.7 Å². The first-order valence-corrected chi connectivity index (χ1v) is 9.18. The first-order chi connectivity index (χ1) is 9.81. The van der Waals surface area contributed by atoms with Gasteiger partial charge in [0.2, 0.25) is 0 Å². The molecule has 0 aromatic heterocycles. The van der Waals surface area contributed by atoms with E-state index in [4.69, 9.17) is 5.11 Å². The molecule has 0 radical (unpaired) electrons. The van der Waals surface area contributed by atoms with Gasteiger partial charge in [-0.05, 0) is 24.7 Å². The van der Waals surface area contributed by atoms with Gasteiger partial charge in [0, 0.05) is 20.1 Å². The molecule has 0 spiro atoms. The maximum atomic E-state index is 12.2. The van der Waals surface area contributed by atoms with Crippen LogP contribution in [0.5, 0.6) is 0 Å². The summed E-state index contributed by atoms with van der Waals surface area (Å²) in [6, 6.07) is 0. The molecule has 1 rings (SSSR count). The van der Waals surface area contributed by atoms with Crippen molar-refractivity contribution >= 4 is 16.2 Å². The number of carbonyl (C=O) groups is 1. The highest BCUT2D eigenvalue weighted by Gasteiger charge is 2.35. The van der Waals surface area contributed by atoms with Crippen molar-refractivity contribution in [3.05, 3.63) is 0 Å². The molecule has 124 valence electrons. The Hall–Kier alpha value is -0.660. The van der Waals surface area contributed by atoms with Gasteiger partial charge in [-0.15, -0.1) is 0 Å². The van der Waals surface area contributed by atoms with Gasteiger partial charge in [-0.25, -0.2) is 4.72 Å². The lowest BCUT2D eigenvalue weighted by Gasteiger charge is -2.36. The summed E-state index contributed by atoms with van der Waals surface area (Å²) in [6.45, 7) is 2.72. The van der Waals surface area contributed by atoms with Gasteiger partial charge in [0.1, 0.15) is 0 Å². The number of unbranched alkanes of at least 4 members (excludes halogenated alkanes) is 1. The SMILES string of the molecule is CCCCN(C)S(=O)(=O)NCC1(CC(=O)O)CCCCC1. The van der Waals surface area contributed by atoms with Gasteiger partial charge in [-0.1, -0.05) is 32.6 Å². The monoisotopic (exact) mass is 320 g/mol. The van der Waals surface area contributed by atoms with E-state index in [1.54, 1.807) is 7.05 Å². The Morgan fingerprint density at radius 1 is 1.29 bits per heavy atom. The largest absolute Gasteiger partial charge is 0.481 e. The Labute approximate surface area is 128 Å². The predicted molar refractivity (Wildman–Crippen MR) is 82.2 cm³/mol. The van der Waals surface area contributed by atoms with Crippen LogP contribution in [-0.4, -0.2) is 43.9 Å². The van der Waals surface area contributed by atoms with Crippen LogP contribution in [0.15, 0.2) is 0 Å². The van der Waals surface area contributed by atoms with Crippen molar-refractivity contribution < 1.29 is 18.3 Å². The molecule has 2 N–H and O–H groups in total.